The number of hydrogen-bond donors (Lipinski definition) is 1. The predicted octanol–water partition coefficient (Wildman–Crippen LogP) is 3.01. The van der Waals surface area contributed by atoms with Crippen molar-refractivity contribution < 1.29 is 9.59 Å². The average molecular weight is 350 g/mol. The number of amides is 3. The van der Waals surface area contributed by atoms with Crippen molar-refractivity contribution in [3.63, 3.8) is 0 Å². The molecule has 0 bridgehead atoms. The Hall–Kier alpha value is -1.69. The molecule has 6 heteroatoms. The summed E-state index contributed by atoms with van der Waals surface area (Å²) in [5, 5.41) is 2.80. The van der Waals surface area contributed by atoms with Crippen LogP contribution in [0.3, 0.4) is 0 Å². The van der Waals surface area contributed by atoms with E-state index in [1.165, 1.54) is 11.1 Å². The first-order valence-corrected chi connectivity index (χ1v) is 9.48. The van der Waals surface area contributed by atoms with E-state index in [1.807, 2.05) is 37.8 Å². The fraction of sp³-hybridized carbons (Fsp3) is 0.556. The maximum absolute atomic E-state index is 12.6. The van der Waals surface area contributed by atoms with E-state index in [-0.39, 0.29) is 22.6 Å². The number of benzene rings is 1. The molecule has 24 heavy (non-hydrogen) atoms. The molecule has 0 saturated carbocycles. The zero-order valence-electron chi connectivity index (χ0n) is 14.9. The lowest BCUT2D eigenvalue weighted by molar-refractivity contribution is -0.129. The molecule has 0 unspecified atom stereocenters. The minimum absolute atomic E-state index is 0.0293. The Bertz CT molecular complexity index is 593. The Labute approximate surface area is 148 Å². The molecule has 1 aromatic rings. The van der Waals surface area contributed by atoms with Crippen LogP contribution in [0.5, 0.6) is 0 Å². The van der Waals surface area contributed by atoms with E-state index in [0.717, 1.165) is 0 Å². The van der Waals surface area contributed by atoms with Gasteiger partial charge in [0.2, 0.25) is 5.91 Å². The minimum Gasteiger partial charge on any atom is -0.338 e. The largest absolute Gasteiger partial charge is 0.338 e. The van der Waals surface area contributed by atoms with Gasteiger partial charge in [0.15, 0.2) is 0 Å². The molecule has 2 rings (SSSR count). The standard InChI is InChI=1S/C18H27N3O2S/c1-5-19-18(23)20(6-2)11-12-21-16(22)14(4)24-17(21)15-10-8-7-9-13(15)3/h7-10,14,17H,5-6,11-12H2,1-4H3,(H,19,23)/t14-,17-/m1/s1. The van der Waals surface area contributed by atoms with Crippen molar-refractivity contribution in [3.05, 3.63) is 35.4 Å². The molecule has 0 spiro atoms. The van der Waals surface area contributed by atoms with Crippen molar-refractivity contribution in [3.8, 4) is 0 Å². The van der Waals surface area contributed by atoms with Gasteiger partial charge in [0.25, 0.3) is 0 Å². The van der Waals surface area contributed by atoms with E-state index in [0.29, 0.717) is 26.2 Å². The van der Waals surface area contributed by atoms with Crippen molar-refractivity contribution in [1.82, 2.24) is 15.1 Å². The van der Waals surface area contributed by atoms with Crippen LogP contribution < -0.4 is 5.32 Å². The highest BCUT2D eigenvalue weighted by molar-refractivity contribution is 8.01. The van der Waals surface area contributed by atoms with Crippen LogP contribution in [0.1, 0.15) is 37.3 Å². The van der Waals surface area contributed by atoms with Crippen molar-refractivity contribution in [1.29, 1.82) is 0 Å². The third kappa shape index (κ3) is 4.04. The van der Waals surface area contributed by atoms with Gasteiger partial charge in [-0.3, -0.25) is 4.79 Å². The predicted molar refractivity (Wildman–Crippen MR) is 99.0 cm³/mol. The average Bonchev–Trinajstić information content (AvgIpc) is 2.84. The highest BCUT2D eigenvalue weighted by Crippen LogP contribution is 2.43. The number of rotatable bonds is 6. The van der Waals surface area contributed by atoms with Crippen molar-refractivity contribution in [2.75, 3.05) is 26.2 Å². The quantitative estimate of drug-likeness (QED) is 0.859. The summed E-state index contributed by atoms with van der Waals surface area (Å²) in [5.74, 6) is 0.153. The molecule has 1 saturated heterocycles. The Morgan fingerprint density at radius 2 is 2.04 bits per heavy atom. The molecule has 1 aliphatic heterocycles. The van der Waals surface area contributed by atoms with Crippen molar-refractivity contribution in [2.45, 2.75) is 38.3 Å². The lowest BCUT2D eigenvalue weighted by atomic mass is 10.1. The van der Waals surface area contributed by atoms with Gasteiger partial charge in [0.05, 0.1) is 5.25 Å². The zero-order chi connectivity index (χ0) is 17.7. The minimum atomic E-state index is -0.0696. The maximum Gasteiger partial charge on any atom is 0.317 e. The summed E-state index contributed by atoms with van der Waals surface area (Å²) in [6.07, 6.45) is 0. The number of hydrogen-bond acceptors (Lipinski definition) is 3. The van der Waals surface area contributed by atoms with E-state index < -0.39 is 0 Å². The second-order valence-electron chi connectivity index (χ2n) is 5.93. The summed E-state index contributed by atoms with van der Waals surface area (Å²) in [6.45, 7) is 10.2. The molecule has 0 radical (unpaired) electrons. The molecular formula is C18H27N3O2S. The van der Waals surface area contributed by atoms with Gasteiger partial charge in [-0.1, -0.05) is 24.3 Å². The Morgan fingerprint density at radius 1 is 1.33 bits per heavy atom. The molecule has 1 aliphatic rings. The van der Waals surface area contributed by atoms with Gasteiger partial charge in [-0.05, 0) is 38.8 Å². The van der Waals surface area contributed by atoms with Gasteiger partial charge in [0, 0.05) is 26.2 Å². The van der Waals surface area contributed by atoms with Crippen LogP contribution in [0.15, 0.2) is 24.3 Å². The first-order valence-electron chi connectivity index (χ1n) is 8.53. The molecule has 1 aromatic carbocycles. The van der Waals surface area contributed by atoms with E-state index in [9.17, 15) is 9.59 Å². The number of carbonyl (C=O) groups is 2. The summed E-state index contributed by atoms with van der Waals surface area (Å²) >= 11 is 1.68. The fourth-order valence-corrected chi connectivity index (χ4v) is 4.31. The van der Waals surface area contributed by atoms with Crippen LogP contribution in [0.4, 0.5) is 4.79 Å². The van der Waals surface area contributed by atoms with Crippen molar-refractivity contribution >= 4 is 23.7 Å². The number of urea groups is 1. The Kier molecular flexibility index (Phi) is 6.54. The van der Waals surface area contributed by atoms with Crippen molar-refractivity contribution in [2.24, 2.45) is 0 Å². The third-order valence-electron chi connectivity index (χ3n) is 4.31. The summed E-state index contributed by atoms with van der Waals surface area (Å²) in [5.41, 5.74) is 2.37. The van der Waals surface area contributed by atoms with E-state index in [2.05, 4.69) is 24.4 Å². The molecule has 1 fully saturated rings. The molecule has 1 N–H and O–H groups in total. The number of nitrogens with zero attached hydrogens (tertiary/aromatic N) is 2. The number of nitrogens with one attached hydrogen (secondary N) is 1. The lowest BCUT2D eigenvalue weighted by Crippen LogP contribution is -2.44. The Balaban J connectivity index is 2.12. The number of likely N-dealkylation sites (N-methyl/N-ethyl adjacent to an activating group) is 1. The molecule has 1 heterocycles. The van der Waals surface area contributed by atoms with Gasteiger partial charge >= 0.3 is 6.03 Å². The topological polar surface area (TPSA) is 52.7 Å². The van der Waals surface area contributed by atoms with Crippen LogP contribution in [0, 0.1) is 6.92 Å². The highest BCUT2D eigenvalue weighted by atomic mass is 32.2. The smallest absolute Gasteiger partial charge is 0.317 e. The lowest BCUT2D eigenvalue weighted by Gasteiger charge is -2.29. The normalized spacial score (nSPS) is 20.3. The zero-order valence-corrected chi connectivity index (χ0v) is 15.7. The molecular weight excluding hydrogens is 322 g/mol. The maximum atomic E-state index is 12.6. The van der Waals surface area contributed by atoms with Crippen LogP contribution >= 0.6 is 11.8 Å². The van der Waals surface area contributed by atoms with Gasteiger partial charge in [-0.25, -0.2) is 4.79 Å². The van der Waals surface area contributed by atoms with Crippen LogP contribution in [-0.4, -0.2) is 53.2 Å². The molecule has 0 aliphatic carbocycles. The highest BCUT2D eigenvalue weighted by Gasteiger charge is 2.38. The first kappa shape index (κ1) is 18.6. The second-order valence-corrected chi connectivity index (χ2v) is 7.36. The number of thioether (sulfide) groups is 1. The molecule has 5 nitrogen and oxygen atoms in total. The van der Waals surface area contributed by atoms with E-state index >= 15 is 0 Å². The van der Waals surface area contributed by atoms with Gasteiger partial charge in [-0.2, -0.15) is 0 Å². The summed E-state index contributed by atoms with van der Waals surface area (Å²) < 4.78 is 0. The molecule has 132 valence electrons. The van der Waals surface area contributed by atoms with Crippen LogP contribution in [0.2, 0.25) is 0 Å². The molecule has 0 aromatic heterocycles. The number of aryl methyl sites for hydroxylation is 1. The van der Waals surface area contributed by atoms with Gasteiger partial charge < -0.3 is 15.1 Å². The van der Waals surface area contributed by atoms with Crippen LogP contribution in [0.25, 0.3) is 0 Å². The summed E-state index contributed by atoms with van der Waals surface area (Å²) in [6, 6.07) is 8.13. The fourth-order valence-electron chi connectivity index (χ4n) is 2.90. The Morgan fingerprint density at radius 3 is 2.67 bits per heavy atom. The molecule has 2 atom stereocenters. The van der Waals surface area contributed by atoms with Gasteiger partial charge in [-0.15, -0.1) is 11.8 Å². The van der Waals surface area contributed by atoms with Gasteiger partial charge in [0.1, 0.15) is 5.37 Å². The SMILES string of the molecule is CCNC(=O)N(CC)CCN1C(=O)[C@@H](C)S[C@@H]1c1ccccc1C. The molecule has 3 amide bonds. The summed E-state index contributed by atoms with van der Waals surface area (Å²) in [4.78, 5) is 28.3. The van der Waals surface area contributed by atoms with Crippen LogP contribution in [-0.2, 0) is 4.79 Å². The number of carbonyl (C=O) groups excluding carboxylic acids is 2. The first-order chi connectivity index (χ1) is 11.5. The third-order valence-corrected chi connectivity index (χ3v) is 5.69. The second kappa shape index (κ2) is 8.42. The monoisotopic (exact) mass is 349 g/mol. The summed E-state index contributed by atoms with van der Waals surface area (Å²) in [7, 11) is 0. The van der Waals surface area contributed by atoms with E-state index in [4.69, 9.17) is 0 Å². The van der Waals surface area contributed by atoms with E-state index in [1.54, 1.807) is 16.7 Å².